The molecule has 1 heterocycles. The Labute approximate surface area is 175 Å². The predicted octanol–water partition coefficient (Wildman–Crippen LogP) is 5.97. The van der Waals surface area contributed by atoms with Gasteiger partial charge in [0.15, 0.2) is 0 Å². The zero-order chi connectivity index (χ0) is 20.5. The van der Waals surface area contributed by atoms with Gasteiger partial charge in [0.25, 0.3) is 0 Å². The molecular weight excluding hydrogens is 382 g/mol. The lowest BCUT2D eigenvalue weighted by Gasteiger charge is -2.06. The molecule has 0 aliphatic heterocycles. The summed E-state index contributed by atoms with van der Waals surface area (Å²) in [5.41, 5.74) is 3.19. The first-order valence-electron chi connectivity index (χ1n) is 9.43. The van der Waals surface area contributed by atoms with Gasteiger partial charge in [0.1, 0.15) is 28.1 Å². The Hall–Kier alpha value is -3.30. The lowest BCUT2D eigenvalue weighted by atomic mass is 10.2. The monoisotopic (exact) mass is 405 g/mol. The summed E-state index contributed by atoms with van der Waals surface area (Å²) in [5, 5.41) is 15.3. The Morgan fingerprint density at radius 1 is 1.14 bits per heavy atom. The summed E-state index contributed by atoms with van der Waals surface area (Å²) >= 11 is 1.44. The number of aromatic nitrogens is 1. The van der Waals surface area contributed by atoms with Crippen molar-refractivity contribution in [2.45, 2.75) is 19.8 Å². The second-order valence-corrected chi connectivity index (χ2v) is 7.17. The highest BCUT2D eigenvalue weighted by Crippen LogP contribution is 2.27. The van der Waals surface area contributed by atoms with Crippen LogP contribution >= 0.6 is 11.3 Å². The van der Waals surface area contributed by atoms with Crippen LogP contribution in [0.2, 0.25) is 0 Å². The van der Waals surface area contributed by atoms with E-state index in [1.807, 2.05) is 53.9 Å². The lowest BCUT2D eigenvalue weighted by Crippen LogP contribution is -1.96. The van der Waals surface area contributed by atoms with E-state index in [9.17, 15) is 5.26 Å². The molecule has 2 aromatic carbocycles. The standard InChI is InChI=1S/C23H23N3O2S/c1-3-4-13-28-21-11-7-19(8-12-21)25-15-18(14-24)23-26-22(16-29-23)17-5-9-20(27-2)10-6-17/h5-12,15-16,25H,3-4,13H2,1-2H3/b18-15-. The fourth-order valence-corrected chi connectivity index (χ4v) is 3.37. The molecule has 0 saturated heterocycles. The molecule has 0 amide bonds. The molecule has 0 spiro atoms. The van der Waals surface area contributed by atoms with Crippen molar-refractivity contribution in [2.75, 3.05) is 19.0 Å². The third-order valence-electron chi connectivity index (χ3n) is 4.24. The highest BCUT2D eigenvalue weighted by Gasteiger charge is 2.09. The minimum Gasteiger partial charge on any atom is -0.497 e. The first-order valence-corrected chi connectivity index (χ1v) is 10.3. The molecule has 0 bridgehead atoms. The van der Waals surface area contributed by atoms with E-state index in [0.29, 0.717) is 10.6 Å². The van der Waals surface area contributed by atoms with E-state index >= 15 is 0 Å². The van der Waals surface area contributed by atoms with Crippen molar-refractivity contribution >= 4 is 22.6 Å². The van der Waals surface area contributed by atoms with Gasteiger partial charge in [-0.25, -0.2) is 4.98 Å². The third-order valence-corrected chi connectivity index (χ3v) is 5.12. The molecule has 6 heteroatoms. The maximum Gasteiger partial charge on any atom is 0.136 e. The molecule has 148 valence electrons. The van der Waals surface area contributed by atoms with Crippen molar-refractivity contribution in [3.8, 4) is 28.8 Å². The number of nitrogens with zero attached hydrogens (tertiary/aromatic N) is 2. The zero-order valence-corrected chi connectivity index (χ0v) is 17.3. The Balaban J connectivity index is 1.67. The number of benzene rings is 2. The number of allylic oxidation sites excluding steroid dienone is 1. The average Bonchev–Trinajstić information content (AvgIpc) is 3.25. The van der Waals surface area contributed by atoms with Crippen LogP contribution in [-0.2, 0) is 0 Å². The zero-order valence-electron chi connectivity index (χ0n) is 16.5. The molecule has 0 fully saturated rings. The SMILES string of the molecule is CCCCOc1ccc(N/C=C(/C#N)c2nc(-c3ccc(OC)cc3)cs2)cc1. The van der Waals surface area contributed by atoms with Gasteiger partial charge >= 0.3 is 0 Å². The highest BCUT2D eigenvalue weighted by atomic mass is 32.1. The summed E-state index contributed by atoms with van der Waals surface area (Å²) in [6.45, 7) is 2.86. The molecule has 0 aliphatic rings. The largest absolute Gasteiger partial charge is 0.497 e. The third kappa shape index (κ3) is 5.59. The van der Waals surface area contributed by atoms with Crippen molar-refractivity contribution in [3.05, 3.63) is 65.1 Å². The number of nitriles is 1. The van der Waals surface area contributed by atoms with Crippen LogP contribution in [0.25, 0.3) is 16.8 Å². The van der Waals surface area contributed by atoms with Gasteiger partial charge < -0.3 is 14.8 Å². The molecule has 0 unspecified atom stereocenters. The molecular formula is C23H23N3O2S. The fraction of sp³-hybridized carbons (Fsp3) is 0.217. The smallest absolute Gasteiger partial charge is 0.136 e. The van der Waals surface area contributed by atoms with Gasteiger partial charge in [-0.1, -0.05) is 13.3 Å². The van der Waals surface area contributed by atoms with Crippen molar-refractivity contribution in [2.24, 2.45) is 0 Å². The van der Waals surface area contributed by atoms with Gasteiger partial charge in [-0.2, -0.15) is 5.26 Å². The molecule has 3 rings (SSSR count). The Bertz CT molecular complexity index is 986. The molecule has 1 N–H and O–H groups in total. The van der Waals surface area contributed by atoms with Crippen LogP contribution in [0.1, 0.15) is 24.8 Å². The van der Waals surface area contributed by atoms with Crippen LogP contribution in [0.15, 0.2) is 60.1 Å². The van der Waals surface area contributed by atoms with E-state index in [1.165, 1.54) is 11.3 Å². The van der Waals surface area contributed by atoms with E-state index < -0.39 is 0 Å². The number of ether oxygens (including phenoxy) is 2. The fourth-order valence-electron chi connectivity index (χ4n) is 2.57. The number of nitrogens with one attached hydrogen (secondary N) is 1. The molecule has 0 saturated carbocycles. The summed E-state index contributed by atoms with van der Waals surface area (Å²) in [7, 11) is 1.64. The van der Waals surface area contributed by atoms with Gasteiger partial charge in [-0.05, 0) is 55.0 Å². The van der Waals surface area contributed by atoms with Crippen molar-refractivity contribution in [3.63, 3.8) is 0 Å². The van der Waals surface area contributed by atoms with Crippen LogP contribution in [0.3, 0.4) is 0 Å². The molecule has 3 aromatic rings. The molecule has 0 aliphatic carbocycles. The summed E-state index contributed by atoms with van der Waals surface area (Å²) in [6, 6.07) is 17.6. The Morgan fingerprint density at radius 2 is 1.86 bits per heavy atom. The number of unbranched alkanes of at least 4 members (excludes halogenated alkanes) is 1. The van der Waals surface area contributed by atoms with E-state index in [1.54, 1.807) is 13.3 Å². The molecule has 1 aromatic heterocycles. The van der Waals surface area contributed by atoms with E-state index in [2.05, 4.69) is 23.3 Å². The van der Waals surface area contributed by atoms with Crippen LogP contribution in [-0.4, -0.2) is 18.7 Å². The normalized spacial score (nSPS) is 11.0. The topological polar surface area (TPSA) is 67.2 Å². The Kier molecular flexibility index (Phi) is 7.26. The van der Waals surface area contributed by atoms with Crippen molar-refractivity contribution < 1.29 is 9.47 Å². The van der Waals surface area contributed by atoms with E-state index in [-0.39, 0.29) is 0 Å². The number of thiazole rings is 1. The number of hydrogen-bond acceptors (Lipinski definition) is 6. The highest BCUT2D eigenvalue weighted by molar-refractivity contribution is 7.11. The predicted molar refractivity (Wildman–Crippen MR) is 118 cm³/mol. The second-order valence-electron chi connectivity index (χ2n) is 6.31. The number of anilines is 1. The lowest BCUT2D eigenvalue weighted by molar-refractivity contribution is 0.309. The van der Waals surface area contributed by atoms with Gasteiger partial charge in [0.2, 0.25) is 0 Å². The van der Waals surface area contributed by atoms with Gasteiger partial charge in [-0.15, -0.1) is 11.3 Å². The first kappa shape index (κ1) is 20.4. The maximum atomic E-state index is 9.54. The summed E-state index contributed by atoms with van der Waals surface area (Å²) in [6.07, 6.45) is 3.84. The minimum atomic E-state index is 0.484. The molecule has 0 radical (unpaired) electrons. The number of methoxy groups -OCH3 is 1. The van der Waals surface area contributed by atoms with Gasteiger partial charge in [0, 0.05) is 22.8 Å². The molecule has 0 atom stereocenters. The maximum absolute atomic E-state index is 9.54. The number of hydrogen-bond donors (Lipinski definition) is 1. The molecule has 29 heavy (non-hydrogen) atoms. The quantitative estimate of drug-likeness (QED) is 0.351. The van der Waals surface area contributed by atoms with Crippen molar-refractivity contribution in [1.82, 2.24) is 4.98 Å². The van der Waals surface area contributed by atoms with Crippen LogP contribution in [0.5, 0.6) is 11.5 Å². The second kappa shape index (κ2) is 10.3. The average molecular weight is 406 g/mol. The summed E-state index contributed by atoms with van der Waals surface area (Å²) in [4.78, 5) is 4.60. The Morgan fingerprint density at radius 3 is 2.52 bits per heavy atom. The van der Waals surface area contributed by atoms with Crippen LogP contribution in [0.4, 0.5) is 5.69 Å². The molecule has 5 nitrogen and oxygen atoms in total. The number of rotatable bonds is 9. The van der Waals surface area contributed by atoms with Gasteiger partial charge in [-0.3, -0.25) is 0 Å². The summed E-state index contributed by atoms with van der Waals surface area (Å²) in [5.74, 6) is 1.64. The van der Waals surface area contributed by atoms with E-state index in [0.717, 1.165) is 47.9 Å². The minimum absolute atomic E-state index is 0.484. The summed E-state index contributed by atoms with van der Waals surface area (Å²) < 4.78 is 10.9. The van der Waals surface area contributed by atoms with E-state index in [4.69, 9.17) is 9.47 Å². The van der Waals surface area contributed by atoms with Crippen LogP contribution < -0.4 is 14.8 Å². The van der Waals surface area contributed by atoms with Crippen LogP contribution in [0, 0.1) is 11.3 Å². The van der Waals surface area contributed by atoms with Gasteiger partial charge in [0.05, 0.1) is 19.4 Å². The van der Waals surface area contributed by atoms with Crippen molar-refractivity contribution in [1.29, 1.82) is 5.26 Å². The first-order chi connectivity index (χ1) is 14.2.